The summed E-state index contributed by atoms with van der Waals surface area (Å²) in [5.74, 6) is -0.758. The van der Waals surface area contributed by atoms with Gasteiger partial charge in [0.1, 0.15) is 0 Å². The number of carbonyl (C=O) groups is 2. The molecule has 0 heterocycles. The van der Waals surface area contributed by atoms with Crippen molar-refractivity contribution in [3.05, 3.63) is 65.2 Å². The highest BCUT2D eigenvalue weighted by Crippen LogP contribution is 2.16. The fourth-order valence-electron chi connectivity index (χ4n) is 2.56. The van der Waals surface area contributed by atoms with E-state index in [-0.39, 0.29) is 18.5 Å². The summed E-state index contributed by atoms with van der Waals surface area (Å²) in [7, 11) is 1.35. The third-order valence-corrected chi connectivity index (χ3v) is 4.21. The fourth-order valence-corrected chi connectivity index (χ4v) is 2.75. The van der Waals surface area contributed by atoms with Gasteiger partial charge >= 0.3 is 12.0 Å². The van der Waals surface area contributed by atoms with E-state index in [0.717, 1.165) is 5.56 Å². The maximum absolute atomic E-state index is 12.7. The van der Waals surface area contributed by atoms with Crippen molar-refractivity contribution in [3.63, 3.8) is 0 Å². The van der Waals surface area contributed by atoms with Gasteiger partial charge in [0.15, 0.2) is 0 Å². The largest absolute Gasteiger partial charge is 0.469 e. The van der Waals surface area contributed by atoms with E-state index in [0.29, 0.717) is 23.7 Å². The van der Waals surface area contributed by atoms with Gasteiger partial charge in [0.25, 0.3) is 0 Å². The smallest absolute Gasteiger partial charge is 0.321 e. The van der Waals surface area contributed by atoms with E-state index in [2.05, 4.69) is 5.32 Å². The minimum atomic E-state index is -0.416. The molecule has 2 rings (SSSR count). The molecule has 5 nitrogen and oxygen atoms in total. The molecule has 138 valence electrons. The van der Waals surface area contributed by atoms with Crippen LogP contribution in [-0.4, -0.2) is 37.1 Å². The lowest BCUT2D eigenvalue weighted by Crippen LogP contribution is -2.41. The maximum atomic E-state index is 12.7. The van der Waals surface area contributed by atoms with Crippen LogP contribution in [0.25, 0.3) is 0 Å². The van der Waals surface area contributed by atoms with E-state index in [4.69, 9.17) is 16.3 Å². The number of nitrogens with zero attached hydrogens (tertiary/aromatic N) is 1. The molecule has 0 bridgehead atoms. The second kappa shape index (κ2) is 9.82. The number of benzene rings is 2. The van der Waals surface area contributed by atoms with E-state index >= 15 is 0 Å². The van der Waals surface area contributed by atoms with Crippen LogP contribution in [0.3, 0.4) is 0 Å². The Balaban J connectivity index is 2.07. The Morgan fingerprint density at radius 2 is 1.88 bits per heavy atom. The van der Waals surface area contributed by atoms with Crippen LogP contribution in [0.5, 0.6) is 0 Å². The molecule has 0 saturated heterocycles. The Kier molecular flexibility index (Phi) is 7.48. The lowest BCUT2D eigenvalue weighted by atomic mass is 10.1. The van der Waals surface area contributed by atoms with Gasteiger partial charge in [-0.25, -0.2) is 4.79 Å². The summed E-state index contributed by atoms with van der Waals surface area (Å²) in [6, 6.07) is 16.6. The number of nitrogens with one attached hydrogen (secondary N) is 1. The number of urea groups is 1. The highest BCUT2D eigenvalue weighted by molar-refractivity contribution is 6.30. The molecular formula is C20H23ClN2O3. The monoisotopic (exact) mass is 374 g/mol. The van der Waals surface area contributed by atoms with Crippen LogP contribution in [0.2, 0.25) is 5.02 Å². The first-order valence-corrected chi connectivity index (χ1v) is 8.80. The summed E-state index contributed by atoms with van der Waals surface area (Å²) >= 11 is 5.97. The Morgan fingerprint density at radius 3 is 2.54 bits per heavy atom. The van der Waals surface area contributed by atoms with Crippen LogP contribution in [0.15, 0.2) is 54.6 Å². The molecule has 1 N–H and O–H groups in total. The Hall–Kier alpha value is -2.53. The summed E-state index contributed by atoms with van der Waals surface area (Å²) in [5.41, 5.74) is 1.73. The first-order chi connectivity index (χ1) is 12.5. The van der Waals surface area contributed by atoms with Gasteiger partial charge in [-0.1, -0.05) is 54.9 Å². The van der Waals surface area contributed by atoms with E-state index in [1.165, 1.54) is 7.11 Å². The molecule has 1 atom stereocenters. The van der Waals surface area contributed by atoms with E-state index in [1.807, 2.05) is 30.3 Å². The molecule has 0 aromatic heterocycles. The fraction of sp³-hybridized carbons (Fsp3) is 0.300. The van der Waals surface area contributed by atoms with Gasteiger partial charge in [-0.15, -0.1) is 0 Å². The van der Waals surface area contributed by atoms with Gasteiger partial charge < -0.3 is 15.0 Å². The molecule has 0 radical (unpaired) electrons. The highest BCUT2D eigenvalue weighted by atomic mass is 35.5. The first kappa shape index (κ1) is 19.8. The molecule has 0 aliphatic heterocycles. The van der Waals surface area contributed by atoms with Gasteiger partial charge in [-0.05, 0) is 30.2 Å². The standard InChI is InChI=1S/C20H23ClN2O3/c1-15(19(24)26-2)14-23(12-11-16-7-4-3-5-8-16)20(25)22-18-10-6-9-17(21)13-18/h3-10,13,15H,11-12,14H2,1-2H3,(H,22,25). The number of hydrogen-bond donors (Lipinski definition) is 1. The number of rotatable bonds is 7. The van der Waals surface area contributed by atoms with Crippen molar-refractivity contribution in [2.24, 2.45) is 5.92 Å². The molecule has 0 aliphatic carbocycles. The zero-order valence-corrected chi connectivity index (χ0v) is 15.7. The zero-order chi connectivity index (χ0) is 18.9. The van der Waals surface area contributed by atoms with Crippen LogP contribution in [0, 0.1) is 5.92 Å². The molecule has 2 amide bonds. The number of esters is 1. The zero-order valence-electron chi connectivity index (χ0n) is 14.9. The van der Waals surface area contributed by atoms with Crippen LogP contribution in [-0.2, 0) is 16.0 Å². The van der Waals surface area contributed by atoms with E-state index in [9.17, 15) is 9.59 Å². The van der Waals surface area contributed by atoms with Crippen molar-refractivity contribution in [3.8, 4) is 0 Å². The molecule has 1 unspecified atom stereocenters. The third kappa shape index (κ3) is 6.08. The Labute approximate surface area is 158 Å². The van der Waals surface area contributed by atoms with Crippen molar-refractivity contribution in [1.29, 1.82) is 0 Å². The van der Waals surface area contributed by atoms with Crippen molar-refractivity contribution in [2.45, 2.75) is 13.3 Å². The van der Waals surface area contributed by atoms with Crippen molar-refractivity contribution >= 4 is 29.3 Å². The predicted molar refractivity (Wildman–Crippen MR) is 103 cm³/mol. The molecule has 0 saturated carbocycles. The molecule has 6 heteroatoms. The number of amides is 2. The van der Waals surface area contributed by atoms with Crippen molar-refractivity contribution in [2.75, 3.05) is 25.5 Å². The summed E-state index contributed by atoms with van der Waals surface area (Å²) < 4.78 is 4.77. The Bertz CT molecular complexity index is 737. The molecule has 26 heavy (non-hydrogen) atoms. The number of hydrogen-bond acceptors (Lipinski definition) is 3. The lowest BCUT2D eigenvalue weighted by Gasteiger charge is -2.25. The number of ether oxygens (including phenoxy) is 1. The SMILES string of the molecule is COC(=O)C(C)CN(CCc1ccccc1)C(=O)Nc1cccc(Cl)c1. The molecular weight excluding hydrogens is 352 g/mol. The molecule has 0 fully saturated rings. The first-order valence-electron chi connectivity index (χ1n) is 8.43. The van der Waals surface area contributed by atoms with Gasteiger partial charge in [0.2, 0.25) is 0 Å². The van der Waals surface area contributed by atoms with Gasteiger partial charge in [0, 0.05) is 23.8 Å². The number of halogens is 1. The lowest BCUT2D eigenvalue weighted by molar-refractivity contribution is -0.145. The van der Waals surface area contributed by atoms with Crippen molar-refractivity contribution in [1.82, 2.24) is 4.90 Å². The second-order valence-corrected chi connectivity index (χ2v) is 6.48. The van der Waals surface area contributed by atoms with Crippen LogP contribution in [0.4, 0.5) is 10.5 Å². The Morgan fingerprint density at radius 1 is 1.15 bits per heavy atom. The summed E-state index contributed by atoms with van der Waals surface area (Å²) in [6.07, 6.45) is 0.692. The van der Waals surface area contributed by atoms with Crippen LogP contribution >= 0.6 is 11.6 Å². The van der Waals surface area contributed by atoms with E-state index < -0.39 is 5.92 Å². The number of methoxy groups -OCH3 is 1. The maximum Gasteiger partial charge on any atom is 0.321 e. The summed E-state index contributed by atoms with van der Waals surface area (Å²) in [4.78, 5) is 26.1. The number of carbonyl (C=O) groups excluding carboxylic acids is 2. The van der Waals surface area contributed by atoms with E-state index in [1.54, 1.807) is 36.1 Å². The minimum absolute atomic E-state index is 0.270. The van der Waals surface area contributed by atoms with Gasteiger partial charge in [-0.3, -0.25) is 4.79 Å². The normalized spacial score (nSPS) is 11.5. The predicted octanol–water partition coefficient (Wildman–Crippen LogP) is 4.23. The molecule has 2 aromatic rings. The summed E-state index contributed by atoms with van der Waals surface area (Å²) in [6.45, 7) is 2.50. The minimum Gasteiger partial charge on any atom is -0.469 e. The summed E-state index contributed by atoms with van der Waals surface area (Å²) in [5, 5.41) is 3.37. The van der Waals surface area contributed by atoms with Crippen molar-refractivity contribution < 1.29 is 14.3 Å². The van der Waals surface area contributed by atoms with Gasteiger partial charge in [0.05, 0.1) is 13.0 Å². The highest BCUT2D eigenvalue weighted by Gasteiger charge is 2.21. The molecule has 2 aromatic carbocycles. The molecule has 0 spiro atoms. The van der Waals surface area contributed by atoms with Crippen LogP contribution < -0.4 is 5.32 Å². The van der Waals surface area contributed by atoms with Gasteiger partial charge in [-0.2, -0.15) is 0 Å². The topological polar surface area (TPSA) is 58.6 Å². The van der Waals surface area contributed by atoms with Crippen LogP contribution in [0.1, 0.15) is 12.5 Å². The average molecular weight is 375 g/mol. The molecule has 0 aliphatic rings. The number of anilines is 1. The second-order valence-electron chi connectivity index (χ2n) is 6.05. The average Bonchev–Trinajstić information content (AvgIpc) is 2.65. The quantitative estimate of drug-likeness (QED) is 0.738. The third-order valence-electron chi connectivity index (χ3n) is 3.97.